The molecule has 4 heteroatoms. The Kier molecular flexibility index (Phi) is 6.59. The number of hydrogen-bond donors (Lipinski definition) is 1. The molecule has 0 aliphatic heterocycles. The van der Waals surface area contributed by atoms with E-state index in [2.05, 4.69) is 47.5 Å². The second kappa shape index (κ2) is 8.67. The third-order valence-corrected chi connectivity index (χ3v) is 4.32. The summed E-state index contributed by atoms with van der Waals surface area (Å²) in [5.41, 5.74) is 5.62. The largest absolute Gasteiger partial charge is 0.378 e. The van der Waals surface area contributed by atoms with Crippen LogP contribution in [0.2, 0.25) is 0 Å². The maximum atomic E-state index is 12.4. The number of anilines is 2. The van der Waals surface area contributed by atoms with Gasteiger partial charge < -0.3 is 10.2 Å². The molecular weight excluding hydrogens is 310 g/mol. The zero-order valence-corrected chi connectivity index (χ0v) is 16.0. The van der Waals surface area contributed by atoms with Gasteiger partial charge in [0, 0.05) is 32.0 Å². The second-order valence-corrected chi connectivity index (χ2v) is 6.74. The Morgan fingerprint density at radius 3 is 2.32 bits per heavy atom. The Morgan fingerprint density at radius 2 is 1.72 bits per heavy atom. The van der Waals surface area contributed by atoms with Crippen LogP contribution >= 0.6 is 0 Å². The summed E-state index contributed by atoms with van der Waals surface area (Å²) in [6.07, 6.45) is 0.908. The molecule has 0 saturated carbocycles. The van der Waals surface area contributed by atoms with E-state index in [4.69, 9.17) is 0 Å². The van der Waals surface area contributed by atoms with Crippen LogP contribution in [0.3, 0.4) is 0 Å². The summed E-state index contributed by atoms with van der Waals surface area (Å²) in [6, 6.07) is 14.6. The molecule has 134 valence electrons. The average Bonchev–Trinajstić information content (AvgIpc) is 2.57. The molecule has 0 unspecified atom stereocenters. The number of benzene rings is 2. The quantitative estimate of drug-likeness (QED) is 0.835. The van der Waals surface area contributed by atoms with Crippen LogP contribution in [0, 0.1) is 6.92 Å². The fourth-order valence-electron chi connectivity index (χ4n) is 2.89. The molecule has 0 bridgehead atoms. The number of nitrogens with one attached hydrogen (secondary N) is 1. The van der Waals surface area contributed by atoms with Crippen molar-refractivity contribution in [3.63, 3.8) is 0 Å². The fraction of sp³-hybridized carbons (Fsp3) is 0.381. The number of aryl methyl sites for hydroxylation is 2. The highest BCUT2D eigenvalue weighted by Crippen LogP contribution is 2.21. The first-order chi connectivity index (χ1) is 11.9. The molecule has 0 saturated heterocycles. The van der Waals surface area contributed by atoms with E-state index >= 15 is 0 Å². The molecule has 0 fully saturated rings. The van der Waals surface area contributed by atoms with Crippen LogP contribution in [0.25, 0.3) is 0 Å². The lowest BCUT2D eigenvalue weighted by Crippen LogP contribution is -2.30. The fourth-order valence-corrected chi connectivity index (χ4v) is 2.89. The summed E-state index contributed by atoms with van der Waals surface area (Å²) >= 11 is 0. The van der Waals surface area contributed by atoms with Crippen molar-refractivity contribution in [2.75, 3.05) is 37.9 Å². The highest BCUT2D eigenvalue weighted by atomic mass is 16.2. The minimum atomic E-state index is 0.0245. The van der Waals surface area contributed by atoms with Crippen molar-refractivity contribution in [3.8, 4) is 0 Å². The summed E-state index contributed by atoms with van der Waals surface area (Å²) < 4.78 is 0. The van der Waals surface area contributed by atoms with Gasteiger partial charge in [-0.25, -0.2) is 0 Å². The number of nitrogens with zero attached hydrogens (tertiary/aromatic N) is 2. The summed E-state index contributed by atoms with van der Waals surface area (Å²) in [6.45, 7) is 5.25. The number of hydrogen-bond acceptors (Lipinski definition) is 3. The third kappa shape index (κ3) is 5.33. The highest BCUT2D eigenvalue weighted by molar-refractivity contribution is 5.93. The van der Waals surface area contributed by atoms with E-state index in [9.17, 15) is 4.79 Å². The number of para-hydroxylation sites is 1. The predicted octanol–water partition coefficient (Wildman–Crippen LogP) is 3.69. The average molecular weight is 339 g/mol. The lowest BCUT2D eigenvalue weighted by molar-refractivity contribution is -0.117. The lowest BCUT2D eigenvalue weighted by Gasteiger charge is -2.19. The van der Waals surface area contributed by atoms with Gasteiger partial charge in [-0.15, -0.1) is 0 Å². The van der Waals surface area contributed by atoms with Crippen LogP contribution < -0.4 is 10.2 Å². The molecule has 1 amide bonds. The molecule has 2 aromatic carbocycles. The molecule has 0 spiro atoms. The van der Waals surface area contributed by atoms with Crippen LogP contribution in [0.15, 0.2) is 42.5 Å². The number of likely N-dealkylation sites (N-methyl/N-ethyl adjacent to an activating group) is 1. The first-order valence-corrected chi connectivity index (χ1v) is 8.73. The lowest BCUT2D eigenvalue weighted by atomic mass is 10.1. The van der Waals surface area contributed by atoms with Gasteiger partial charge in [0.1, 0.15) is 0 Å². The summed E-state index contributed by atoms with van der Waals surface area (Å²) in [4.78, 5) is 16.5. The monoisotopic (exact) mass is 339 g/mol. The first kappa shape index (κ1) is 19.0. The van der Waals surface area contributed by atoms with E-state index in [1.807, 2.05) is 45.1 Å². The topological polar surface area (TPSA) is 35.6 Å². The maximum absolute atomic E-state index is 12.4. The summed E-state index contributed by atoms with van der Waals surface area (Å²) in [5, 5.41) is 3.08. The van der Waals surface area contributed by atoms with Crippen molar-refractivity contribution in [1.82, 2.24) is 4.90 Å². The minimum absolute atomic E-state index is 0.0245. The molecule has 4 nitrogen and oxygen atoms in total. The maximum Gasteiger partial charge on any atom is 0.238 e. The number of amides is 1. The normalized spacial score (nSPS) is 10.8. The van der Waals surface area contributed by atoms with E-state index in [1.54, 1.807) is 0 Å². The molecule has 1 N–H and O–H groups in total. The molecule has 0 aliphatic carbocycles. The van der Waals surface area contributed by atoms with Gasteiger partial charge in [-0.2, -0.15) is 0 Å². The van der Waals surface area contributed by atoms with Gasteiger partial charge in [-0.1, -0.05) is 37.3 Å². The first-order valence-electron chi connectivity index (χ1n) is 8.73. The third-order valence-electron chi connectivity index (χ3n) is 4.32. The van der Waals surface area contributed by atoms with Crippen LogP contribution in [-0.4, -0.2) is 38.5 Å². The van der Waals surface area contributed by atoms with Gasteiger partial charge in [0.15, 0.2) is 0 Å². The van der Waals surface area contributed by atoms with Crippen LogP contribution in [-0.2, 0) is 17.8 Å². The van der Waals surface area contributed by atoms with Gasteiger partial charge in [-0.3, -0.25) is 9.69 Å². The Morgan fingerprint density at radius 1 is 1.04 bits per heavy atom. The highest BCUT2D eigenvalue weighted by Gasteiger charge is 2.11. The van der Waals surface area contributed by atoms with Gasteiger partial charge in [0.25, 0.3) is 0 Å². The van der Waals surface area contributed by atoms with Gasteiger partial charge in [-0.05, 0) is 49.2 Å². The zero-order chi connectivity index (χ0) is 18.4. The number of carbonyl (C=O) groups excluding carboxylic acids is 1. The molecule has 0 radical (unpaired) electrons. The van der Waals surface area contributed by atoms with E-state index in [0.29, 0.717) is 6.54 Å². The number of rotatable bonds is 7. The van der Waals surface area contributed by atoms with Crippen LogP contribution in [0.4, 0.5) is 11.4 Å². The molecule has 2 rings (SSSR count). The standard InChI is InChI=1S/C21H29N3O/c1-6-18-9-7-8-16(2)21(18)22-20(25)15-24(5)14-17-10-12-19(13-11-17)23(3)4/h7-13H,6,14-15H2,1-5H3,(H,22,25). The molecule has 25 heavy (non-hydrogen) atoms. The molecule has 0 heterocycles. The van der Waals surface area contributed by atoms with E-state index in [1.165, 1.54) is 16.8 Å². The van der Waals surface area contributed by atoms with E-state index in [0.717, 1.165) is 24.2 Å². The Bertz CT molecular complexity index is 708. The van der Waals surface area contributed by atoms with Gasteiger partial charge in [0.05, 0.1) is 6.54 Å². The van der Waals surface area contributed by atoms with Crippen molar-refractivity contribution < 1.29 is 4.79 Å². The molecule has 2 aromatic rings. The van der Waals surface area contributed by atoms with Crippen LogP contribution in [0.5, 0.6) is 0 Å². The zero-order valence-electron chi connectivity index (χ0n) is 16.0. The summed E-state index contributed by atoms with van der Waals surface area (Å²) in [7, 11) is 6.03. The van der Waals surface area contributed by atoms with Crippen molar-refractivity contribution >= 4 is 17.3 Å². The van der Waals surface area contributed by atoms with E-state index < -0.39 is 0 Å². The van der Waals surface area contributed by atoms with Gasteiger partial charge in [0.2, 0.25) is 5.91 Å². The molecular formula is C21H29N3O. The van der Waals surface area contributed by atoms with Gasteiger partial charge >= 0.3 is 0 Å². The van der Waals surface area contributed by atoms with Crippen molar-refractivity contribution in [2.45, 2.75) is 26.8 Å². The molecule has 0 aromatic heterocycles. The SMILES string of the molecule is CCc1cccc(C)c1NC(=O)CN(C)Cc1ccc(N(C)C)cc1. The minimum Gasteiger partial charge on any atom is -0.378 e. The van der Waals surface area contributed by atoms with E-state index in [-0.39, 0.29) is 5.91 Å². The second-order valence-electron chi connectivity index (χ2n) is 6.74. The number of carbonyl (C=O) groups is 1. The smallest absolute Gasteiger partial charge is 0.238 e. The predicted molar refractivity (Wildman–Crippen MR) is 106 cm³/mol. The Balaban J connectivity index is 1.94. The Hall–Kier alpha value is -2.33. The van der Waals surface area contributed by atoms with Crippen molar-refractivity contribution in [2.24, 2.45) is 0 Å². The van der Waals surface area contributed by atoms with Crippen molar-refractivity contribution in [3.05, 3.63) is 59.2 Å². The van der Waals surface area contributed by atoms with Crippen molar-refractivity contribution in [1.29, 1.82) is 0 Å². The Labute approximate surface area is 151 Å². The molecule has 0 atom stereocenters. The van der Waals surface area contributed by atoms with Crippen LogP contribution in [0.1, 0.15) is 23.6 Å². The molecule has 0 aliphatic rings. The summed E-state index contributed by atoms with van der Waals surface area (Å²) in [5.74, 6) is 0.0245.